The average Bonchev–Trinajstić information content (AvgIpc) is 2.88. The Balaban J connectivity index is 2.07. The van der Waals surface area contributed by atoms with Gasteiger partial charge in [0.05, 0.1) is 5.54 Å². The third kappa shape index (κ3) is 1.48. The normalized spacial score (nSPS) is 40.1. The lowest BCUT2D eigenvalue weighted by molar-refractivity contribution is 0.0979. The molecule has 2 saturated carbocycles. The number of fused-ring (bicyclic) bond motifs is 2. The first-order valence-corrected chi connectivity index (χ1v) is 7.42. The Morgan fingerprint density at radius 3 is 2.53 bits per heavy atom. The molecular weight excluding hydrogens is 230 g/mol. The van der Waals surface area contributed by atoms with Crippen molar-refractivity contribution in [2.75, 3.05) is 0 Å². The molecule has 2 fully saturated rings. The minimum atomic E-state index is 0.0662. The predicted molar refractivity (Wildman–Crippen MR) is 69.9 cm³/mol. The van der Waals surface area contributed by atoms with Gasteiger partial charge in [-0.15, -0.1) is 0 Å². The largest absolute Gasteiger partial charge is 0.435 e. The maximum atomic E-state index is 5.66. The van der Waals surface area contributed by atoms with Crippen LogP contribution in [0.25, 0.3) is 0 Å². The SMILES string of the molecule is Cc1csc(=N[C@]2(C)[C@@H]3CC[C@@H](C3)C2(C)C)o1. The molecule has 1 aromatic heterocycles. The highest BCUT2D eigenvalue weighted by Crippen LogP contribution is 2.62. The first-order valence-electron chi connectivity index (χ1n) is 6.54. The van der Waals surface area contributed by atoms with Crippen LogP contribution in [0.1, 0.15) is 45.8 Å². The van der Waals surface area contributed by atoms with Crippen LogP contribution in [-0.4, -0.2) is 5.54 Å². The summed E-state index contributed by atoms with van der Waals surface area (Å²) in [5.41, 5.74) is 0.375. The van der Waals surface area contributed by atoms with E-state index in [4.69, 9.17) is 9.41 Å². The van der Waals surface area contributed by atoms with E-state index in [-0.39, 0.29) is 5.54 Å². The van der Waals surface area contributed by atoms with Gasteiger partial charge in [-0.25, -0.2) is 4.99 Å². The summed E-state index contributed by atoms with van der Waals surface area (Å²) in [4.78, 5) is 5.85. The molecule has 0 aromatic carbocycles. The minimum absolute atomic E-state index is 0.0662. The zero-order chi connectivity index (χ0) is 12.3. The van der Waals surface area contributed by atoms with Crippen molar-refractivity contribution in [2.45, 2.75) is 52.5 Å². The average molecular weight is 251 g/mol. The van der Waals surface area contributed by atoms with Gasteiger partial charge >= 0.3 is 0 Å². The molecule has 0 amide bonds. The quantitative estimate of drug-likeness (QED) is 0.746. The first kappa shape index (κ1) is 11.5. The van der Waals surface area contributed by atoms with E-state index in [0.717, 1.165) is 22.5 Å². The van der Waals surface area contributed by atoms with Gasteiger partial charge in [0.25, 0.3) is 4.87 Å². The third-order valence-electron chi connectivity index (χ3n) is 5.45. The molecule has 3 rings (SSSR count). The topological polar surface area (TPSA) is 25.5 Å². The Hall–Kier alpha value is -0.570. The molecule has 0 N–H and O–H groups in total. The van der Waals surface area contributed by atoms with E-state index in [1.807, 2.05) is 12.3 Å². The van der Waals surface area contributed by atoms with Gasteiger partial charge in [0.1, 0.15) is 5.76 Å². The third-order valence-corrected chi connectivity index (χ3v) is 6.28. The molecule has 2 nitrogen and oxygen atoms in total. The van der Waals surface area contributed by atoms with E-state index < -0.39 is 0 Å². The van der Waals surface area contributed by atoms with E-state index in [1.54, 1.807) is 11.3 Å². The number of aryl methyl sites for hydroxylation is 1. The fourth-order valence-corrected chi connectivity index (χ4v) is 4.62. The Bertz CT molecular complexity index is 498. The van der Waals surface area contributed by atoms with Crippen LogP contribution in [-0.2, 0) is 0 Å². The van der Waals surface area contributed by atoms with E-state index in [2.05, 4.69) is 20.8 Å². The summed E-state index contributed by atoms with van der Waals surface area (Å²) < 4.78 is 5.66. The van der Waals surface area contributed by atoms with Crippen LogP contribution in [0.15, 0.2) is 14.8 Å². The lowest BCUT2D eigenvalue weighted by Crippen LogP contribution is -2.46. The summed E-state index contributed by atoms with van der Waals surface area (Å²) in [5.74, 6) is 2.57. The van der Waals surface area contributed by atoms with E-state index >= 15 is 0 Å². The van der Waals surface area contributed by atoms with E-state index in [9.17, 15) is 0 Å². The summed E-state index contributed by atoms with van der Waals surface area (Å²) in [6, 6.07) is 0. The summed E-state index contributed by atoms with van der Waals surface area (Å²) in [5, 5.41) is 2.04. The second kappa shape index (κ2) is 3.47. The highest BCUT2D eigenvalue weighted by molar-refractivity contribution is 7.06. The second-order valence-corrected chi connectivity index (χ2v) is 7.22. The number of rotatable bonds is 1. The molecule has 2 aliphatic carbocycles. The molecule has 0 saturated heterocycles. The molecule has 17 heavy (non-hydrogen) atoms. The fraction of sp³-hybridized carbons (Fsp3) is 0.786. The molecule has 1 heterocycles. The zero-order valence-electron chi connectivity index (χ0n) is 11.1. The maximum absolute atomic E-state index is 5.66. The minimum Gasteiger partial charge on any atom is -0.435 e. The number of hydrogen-bond acceptors (Lipinski definition) is 3. The van der Waals surface area contributed by atoms with E-state index in [1.165, 1.54) is 19.3 Å². The van der Waals surface area contributed by atoms with Crippen LogP contribution in [0.5, 0.6) is 0 Å². The van der Waals surface area contributed by atoms with Crippen molar-refractivity contribution in [3.63, 3.8) is 0 Å². The van der Waals surface area contributed by atoms with Gasteiger partial charge in [-0.05, 0) is 50.4 Å². The fourth-order valence-electron chi connectivity index (χ4n) is 3.88. The van der Waals surface area contributed by atoms with Gasteiger partial charge in [-0.1, -0.05) is 25.2 Å². The van der Waals surface area contributed by atoms with Gasteiger partial charge in [0, 0.05) is 5.38 Å². The van der Waals surface area contributed by atoms with Gasteiger partial charge in [-0.2, -0.15) is 0 Å². The molecule has 3 heteroatoms. The summed E-state index contributed by atoms with van der Waals surface area (Å²) >= 11 is 1.63. The van der Waals surface area contributed by atoms with Gasteiger partial charge in [0.15, 0.2) is 0 Å². The van der Waals surface area contributed by atoms with Crippen LogP contribution in [0.3, 0.4) is 0 Å². The molecule has 0 aliphatic heterocycles. The van der Waals surface area contributed by atoms with E-state index in [0.29, 0.717) is 5.41 Å². The van der Waals surface area contributed by atoms with Crippen molar-refractivity contribution in [3.8, 4) is 0 Å². The Morgan fingerprint density at radius 2 is 2.00 bits per heavy atom. The van der Waals surface area contributed by atoms with Crippen LogP contribution in [0.2, 0.25) is 0 Å². The Morgan fingerprint density at radius 1 is 1.29 bits per heavy atom. The van der Waals surface area contributed by atoms with Crippen LogP contribution in [0.4, 0.5) is 0 Å². The van der Waals surface area contributed by atoms with Crippen LogP contribution >= 0.6 is 11.3 Å². The molecule has 94 valence electrons. The summed E-state index contributed by atoms with van der Waals surface area (Å²) in [7, 11) is 0. The monoisotopic (exact) mass is 251 g/mol. The highest BCUT2D eigenvalue weighted by atomic mass is 32.1. The summed E-state index contributed by atoms with van der Waals surface area (Å²) in [6.07, 6.45) is 4.10. The molecule has 2 aliphatic rings. The van der Waals surface area contributed by atoms with Crippen molar-refractivity contribution >= 4 is 11.3 Å². The number of nitrogens with zero attached hydrogens (tertiary/aromatic N) is 1. The zero-order valence-corrected chi connectivity index (χ0v) is 11.9. The van der Waals surface area contributed by atoms with Gasteiger partial charge < -0.3 is 4.42 Å². The lowest BCUT2D eigenvalue weighted by Gasteiger charge is -2.44. The highest BCUT2D eigenvalue weighted by Gasteiger charge is 2.60. The van der Waals surface area contributed by atoms with Crippen LogP contribution in [0, 0.1) is 24.2 Å². The smallest absolute Gasteiger partial charge is 0.274 e. The first-order chi connectivity index (χ1) is 7.93. The maximum Gasteiger partial charge on any atom is 0.274 e. The Labute approximate surface area is 107 Å². The molecule has 1 aromatic rings. The van der Waals surface area contributed by atoms with Crippen molar-refractivity contribution < 1.29 is 4.42 Å². The molecular formula is C14H21NOS. The molecule has 2 bridgehead atoms. The Kier molecular flexibility index (Phi) is 2.35. The summed E-state index contributed by atoms with van der Waals surface area (Å²) in [6.45, 7) is 9.10. The second-order valence-electron chi connectivity index (χ2n) is 6.40. The van der Waals surface area contributed by atoms with Gasteiger partial charge in [-0.3, -0.25) is 0 Å². The number of hydrogen-bond donors (Lipinski definition) is 0. The lowest BCUT2D eigenvalue weighted by atomic mass is 9.64. The molecule has 0 radical (unpaired) electrons. The van der Waals surface area contributed by atoms with Crippen molar-refractivity contribution in [2.24, 2.45) is 22.2 Å². The van der Waals surface area contributed by atoms with Gasteiger partial charge in [0.2, 0.25) is 0 Å². The van der Waals surface area contributed by atoms with Crippen molar-refractivity contribution in [1.29, 1.82) is 0 Å². The van der Waals surface area contributed by atoms with Crippen molar-refractivity contribution in [1.82, 2.24) is 0 Å². The standard InChI is InChI=1S/C14H21NOS/c1-9-8-17-12(16-9)15-14(4)11-6-5-10(7-11)13(14,2)3/h8,10-11H,5-7H2,1-4H3/t10-,11+,14+/m0/s1. The molecule has 0 unspecified atom stereocenters. The van der Waals surface area contributed by atoms with Crippen molar-refractivity contribution in [3.05, 3.63) is 16.0 Å². The van der Waals surface area contributed by atoms with Crippen LogP contribution < -0.4 is 4.87 Å². The predicted octanol–water partition coefficient (Wildman–Crippen LogP) is 3.77. The molecule has 0 spiro atoms. The molecule has 3 atom stereocenters.